The summed E-state index contributed by atoms with van der Waals surface area (Å²) in [7, 11) is 0. The summed E-state index contributed by atoms with van der Waals surface area (Å²) < 4.78 is 18.8. The Hall–Kier alpha value is -1.83. The topological polar surface area (TPSA) is 45.7 Å². The number of hydrogen-bond donors (Lipinski definition) is 2. The highest BCUT2D eigenvalue weighted by molar-refractivity contribution is 14.0. The predicted octanol–water partition coefficient (Wildman–Crippen LogP) is 3.72. The highest BCUT2D eigenvalue weighted by Gasteiger charge is 2.11. The van der Waals surface area contributed by atoms with Gasteiger partial charge >= 0.3 is 0 Å². The van der Waals surface area contributed by atoms with E-state index >= 15 is 0 Å². The van der Waals surface area contributed by atoms with Gasteiger partial charge in [-0.15, -0.1) is 24.0 Å². The summed E-state index contributed by atoms with van der Waals surface area (Å²) in [4.78, 5) is 4.64. The van der Waals surface area contributed by atoms with Crippen molar-refractivity contribution in [3.8, 4) is 5.75 Å². The first-order valence-electron chi connectivity index (χ1n) is 9.26. The molecule has 0 saturated heterocycles. The third-order valence-electron chi connectivity index (χ3n) is 4.36. The van der Waals surface area contributed by atoms with Gasteiger partial charge in [0.05, 0.1) is 6.61 Å². The molecule has 1 heterocycles. The molecule has 0 aromatic heterocycles. The van der Waals surface area contributed by atoms with Crippen molar-refractivity contribution in [2.75, 3.05) is 26.2 Å². The van der Waals surface area contributed by atoms with Gasteiger partial charge in [0, 0.05) is 26.1 Å². The molecule has 1 aliphatic heterocycles. The van der Waals surface area contributed by atoms with E-state index in [0.717, 1.165) is 56.2 Å². The van der Waals surface area contributed by atoms with Gasteiger partial charge in [-0.05, 0) is 54.7 Å². The Labute approximate surface area is 177 Å². The van der Waals surface area contributed by atoms with E-state index in [0.29, 0.717) is 6.54 Å². The maximum Gasteiger partial charge on any atom is 0.191 e. The monoisotopic (exact) mass is 483 g/mol. The number of hydrogen-bond acceptors (Lipinski definition) is 2. The van der Waals surface area contributed by atoms with Gasteiger partial charge in [-0.2, -0.15) is 0 Å². The Kier molecular flexibility index (Phi) is 8.84. The summed E-state index contributed by atoms with van der Waals surface area (Å²) in [6.07, 6.45) is 2.65. The number of fused-ring (bicyclic) bond motifs is 1. The van der Waals surface area contributed by atoms with E-state index in [1.165, 1.54) is 17.2 Å². The number of halogens is 2. The van der Waals surface area contributed by atoms with Crippen LogP contribution in [-0.2, 0) is 19.3 Å². The number of rotatable bonds is 7. The summed E-state index contributed by atoms with van der Waals surface area (Å²) in [6.45, 7) is 5.07. The van der Waals surface area contributed by atoms with Crippen LogP contribution in [-0.4, -0.2) is 32.2 Å². The largest absolute Gasteiger partial charge is 0.493 e. The molecule has 1 aliphatic rings. The molecule has 0 atom stereocenters. The second-order valence-electron chi connectivity index (χ2n) is 6.36. The van der Waals surface area contributed by atoms with E-state index in [1.807, 2.05) is 13.0 Å². The van der Waals surface area contributed by atoms with Gasteiger partial charge in [0.1, 0.15) is 11.6 Å². The summed E-state index contributed by atoms with van der Waals surface area (Å²) in [6, 6.07) is 13.1. The molecule has 0 aliphatic carbocycles. The first-order valence-corrected chi connectivity index (χ1v) is 9.26. The zero-order chi connectivity index (χ0) is 18.2. The number of nitrogens with one attached hydrogen (secondary N) is 2. The SMILES string of the molecule is CCNC(=NCCc1ccc2c(c1)CCO2)NCCc1cccc(F)c1.I. The van der Waals surface area contributed by atoms with Gasteiger partial charge in [-0.3, -0.25) is 4.99 Å². The molecule has 0 spiro atoms. The van der Waals surface area contributed by atoms with E-state index in [1.54, 1.807) is 12.1 Å². The maximum atomic E-state index is 13.2. The summed E-state index contributed by atoms with van der Waals surface area (Å²) in [5, 5.41) is 6.57. The van der Waals surface area contributed by atoms with Crippen molar-refractivity contribution in [3.05, 3.63) is 65.0 Å². The van der Waals surface area contributed by atoms with E-state index in [9.17, 15) is 4.39 Å². The van der Waals surface area contributed by atoms with Crippen LogP contribution in [0.25, 0.3) is 0 Å². The smallest absolute Gasteiger partial charge is 0.191 e. The molecule has 146 valence electrons. The molecule has 2 aromatic carbocycles. The van der Waals surface area contributed by atoms with Gasteiger partial charge in [0.25, 0.3) is 0 Å². The van der Waals surface area contributed by atoms with E-state index in [2.05, 4.69) is 33.8 Å². The number of ether oxygens (including phenoxy) is 1. The first kappa shape index (κ1) is 21.5. The van der Waals surface area contributed by atoms with Crippen LogP contribution in [0.3, 0.4) is 0 Å². The summed E-state index contributed by atoms with van der Waals surface area (Å²) in [5.41, 5.74) is 3.56. The van der Waals surface area contributed by atoms with Crippen LogP contribution in [0, 0.1) is 5.82 Å². The lowest BCUT2D eigenvalue weighted by Gasteiger charge is -2.11. The standard InChI is InChI=1S/C21H26FN3O.HI/c1-2-23-21(24-11-8-16-4-3-5-19(22)15-16)25-12-9-17-6-7-20-18(14-17)10-13-26-20;/h3-7,14-15H,2,8-13H2,1H3,(H2,23,24,25);1H. The van der Waals surface area contributed by atoms with Crippen LogP contribution >= 0.6 is 24.0 Å². The van der Waals surface area contributed by atoms with Gasteiger partial charge in [-0.1, -0.05) is 24.3 Å². The highest BCUT2D eigenvalue weighted by atomic mass is 127. The van der Waals surface area contributed by atoms with Crippen LogP contribution in [0.4, 0.5) is 4.39 Å². The van der Waals surface area contributed by atoms with Crippen molar-refractivity contribution >= 4 is 29.9 Å². The average Bonchev–Trinajstić information content (AvgIpc) is 3.09. The predicted molar refractivity (Wildman–Crippen MR) is 119 cm³/mol. The molecule has 27 heavy (non-hydrogen) atoms. The van der Waals surface area contributed by atoms with Crippen LogP contribution in [0.15, 0.2) is 47.5 Å². The third-order valence-corrected chi connectivity index (χ3v) is 4.36. The van der Waals surface area contributed by atoms with Crippen LogP contribution in [0.2, 0.25) is 0 Å². The fraction of sp³-hybridized carbons (Fsp3) is 0.381. The molecule has 3 rings (SSSR count). The Morgan fingerprint density at radius 2 is 1.96 bits per heavy atom. The van der Waals surface area contributed by atoms with Crippen LogP contribution in [0.5, 0.6) is 5.75 Å². The minimum Gasteiger partial charge on any atom is -0.493 e. The van der Waals surface area contributed by atoms with Crippen molar-refractivity contribution in [2.24, 2.45) is 4.99 Å². The molecule has 0 saturated carbocycles. The van der Waals surface area contributed by atoms with E-state index < -0.39 is 0 Å². The molecule has 2 aromatic rings. The molecule has 0 fully saturated rings. The van der Waals surface area contributed by atoms with Crippen molar-refractivity contribution < 1.29 is 9.13 Å². The maximum absolute atomic E-state index is 13.2. The molecule has 0 unspecified atom stereocenters. The molecule has 2 N–H and O–H groups in total. The normalized spacial score (nSPS) is 12.7. The Morgan fingerprint density at radius 1 is 1.11 bits per heavy atom. The second-order valence-corrected chi connectivity index (χ2v) is 6.36. The van der Waals surface area contributed by atoms with Gasteiger partial charge in [0.2, 0.25) is 0 Å². The molecule has 0 amide bonds. The molecule has 0 bridgehead atoms. The second kappa shape index (κ2) is 11.1. The van der Waals surface area contributed by atoms with Crippen molar-refractivity contribution in [3.63, 3.8) is 0 Å². The van der Waals surface area contributed by atoms with Crippen molar-refractivity contribution in [2.45, 2.75) is 26.2 Å². The Balaban J connectivity index is 0.00000261. The molecule has 4 nitrogen and oxygen atoms in total. The van der Waals surface area contributed by atoms with E-state index in [4.69, 9.17) is 4.74 Å². The molecule has 0 radical (unpaired) electrons. The average molecular weight is 483 g/mol. The fourth-order valence-corrected chi connectivity index (χ4v) is 3.05. The number of aliphatic imine (C=N–C) groups is 1. The quantitative estimate of drug-likeness (QED) is 0.359. The lowest BCUT2D eigenvalue weighted by atomic mass is 10.1. The first-order chi connectivity index (χ1) is 12.7. The van der Waals surface area contributed by atoms with Gasteiger partial charge in [0.15, 0.2) is 5.96 Å². The zero-order valence-corrected chi connectivity index (χ0v) is 18.0. The third kappa shape index (κ3) is 6.68. The Morgan fingerprint density at radius 3 is 2.78 bits per heavy atom. The number of nitrogens with zero attached hydrogens (tertiary/aromatic N) is 1. The van der Waals surface area contributed by atoms with Crippen LogP contribution < -0.4 is 15.4 Å². The molecular formula is C21H27FIN3O. The minimum absolute atomic E-state index is 0. The fourth-order valence-electron chi connectivity index (χ4n) is 3.05. The van der Waals surface area contributed by atoms with Crippen molar-refractivity contribution in [1.29, 1.82) is 0 Å². The lowest BCUT2D eigenvalue weighted by molar-refractivity contribution is 0.357. The number of benzene rings is 2. The van der Waals surface area contributed by atoms with Gasteiger partial charge < -0.3 is 15.4 Å². The lowest BCUT2D eigenvalue weighted by Crippen LogP contribution is -2.38. The minimum atomic E-state index is -0.192. The summed E-state index contributed by atoms with van der Waals surface area (Å²) in [5.74, 6) is 1.63. The molecule has 6 heteroatoms. The molecular weight excluding hydrogens is 456 g/mol. The number of guanidine groups is 1. The zero-order valence-electron chi connectivity index (χ0n) is 15.6. The van der Waals surface area contributed by atoms with E-state index in [-0.39, 0.29) is 29.8 Å². The van der Waals surface area contributed by atoms with Crippen LogP contribution in [0.1, 0.15) is 23.6 Å². The van der Waals surface area contributed by atoms with Gasteiger partial charge in [-0.25, -0.2) is 4.39 Å². The van der Waals surface area contributed by atoms with Crippen molar-refractivity contribution in [1.82, 2.24) is 10.6 Å². The highest BCUT2D eigenvalue weighted by Crippen LogP contribution is 2.25. The Bertz CT molecular complexity index is 767. The summed E-state index contributed by atoms with van der Waals surface area (Å²) >= 11 is 0.